The SMILES string of the molecule is O=C(c1ccccc1)C1CCN(C(=O)c2occc2CS(=O)(=O)c2ccccc2)CC1. The summed E-state index contributed by atoms with van der Waals surface area (Å²) in [6.45, 7) is 0.849. The van der Waals surface area contributed by atoms with Gasteiger partial charge in [0.25, 0.3) is 5.91 Å². The van der Waals surface area contributed by atoms with E-state index >= 15 is 0 Å². The van der Waals surface area contributed by atoms with Crippen molar-refractivity contribution < 1.29 is 22.4 Å². The van der Waals surface area contributed by atoms with Crippen LogP contribution in [0.2, 0.25) is 0 Å². The number of rotatable bonds is 6. The fourth-order valence-electron chi connectivity index (χ4n) is 3.88. The molecular formula is C24H23NO5S. The Kier molecular flexibility index (Phi) is 6.04. The zero-order chi connectivity index (χ0) is 21.8. The van der Waals surface area contributed by atoms with E-state index in [1.54, 1.807) is 23.1 Å². The molecule has 1 aliphatic heterocycles. The van der Waals surface area contributed by atoms with Gasteiger partial charge in [0.1, 0.15) is 0 Å². The fourth-order valence-corrected chi connectivity index (χ4v) is 5.25. The molecule has 0 unspecified atom stereocenters. The van der Waals surface area contributed by atoms with Crippen molar-refractivity contribution in [2.75, 3.05) is 13.1 Å². The zero-order valence-corrected chi connectivity index (χ0v) is 17.8. The number of Topliss-reactive ketones (excluding diaryl/α,β-unsaturated/α-hetero) is 1. The quantitative estimate of drug-likeness (QED) is 0.545. The average Bonchev–Trinajstić information content (AvgIpc) is 3.26. The normalized spacial score (nSPS) is 15.0. The first-order valence-electron chi connectivity index (χ1n) is 10.2. The monoisotopic (exact) mass is 437 g/mol. The molecule has 2 heterocycles. The summed E-state index contributed by atoms with van der Waals surface area (Å²) in [7, 11) is -3.60. The summed E-state index contributed by atoms with van der Waals surface area (Å²) in [5.41, 5.74) is 1.03. The predicted molar refractivity (Wildman–Crippen MR) is 115 cm³/mol. The van der Waals surface area contributed by atoms with E-state index < -0.39 is 9.84 Å². The van der Waals surface area contributed by atoms with Crippen molar-refractivity contribution in [2.24, 2.45) is 5.92 Å². The molecule has 3 aromatic rings. The van der Waals surface area contributed by atoms with Gasteiger partial charge in [-0.25, -0.2) is 8.42 Å². The van der Waals surface area contributed by atoms with Crippen molar-refractivity contribution in [3.05, 3.63) is 89.9 Å². The average molecular weight is 438 g/mol. The van der Waals surface area contributed by atoms with Crippen molar-refractivity contribution in [1.82, 2.24) is 4.90 Å². The molecule has 0 radical (unpaired) electrons. The Morgan fingerprint density at radius 2 is 1.52 bits per heavy atom. The first-order chi connectivity index (χ1) is 15.0. The van der Waals surface area contributed by atoms with E-state index in [0.717, 1.165) is 0 Å². The molecule has 0 bridgehead atoms. The molecule has 0 spiro atoms. The smallest absolute Gasteiger partial charge is 0.289 e. The number of carbonyl (C=O) groups is 2. The number of sulfone groups is 1. The molecule has 1 amide bonds. The lowest BCUT2D eigenvalue weighted by molar-refractivity contribution is 0.0623. The van der Waals surface area contributed by atoms with Crippen molar-refractivity contribution in [3.63, 3.8) is 0 Å². The molecule has 6 nitrogen and oxygen atoms in total. The largest absolute Gasteiger partial charge is 0.459 e. The Morgan fingerprint density at radius 1 is 0.903 bits per heavy atom. The van der Waals surface area contributed by atoms with Crippen molar-refractivity contribution in [3.8, 4) is 0 Å². The number of carbonyl (C=O) groups excluding carboxylic acids is 2. The van der Waals surface area contributed by atoms with Crippen LogP contribution < -0.4 is 0 Å². The Bertz CT molecular complexity index is 1160. The number of furan rings is 1. The molecule has 4 rings (SSSR count). The van der Waals surface area contributed by atoms with Gasteiger partial charge < -0.3 is 9.32 Å². The molecule has 31 heavy (non-hydrogen) atoms. The Labute approximate surface area is 181 Å². The first-order valence-corrected chi connectivity index (χ1v) is 11.8. The molecule has 2 aromatic carbocycles. The number of hydrogen-bond donors (Lipinski definition) is 0. The molecule has 1 aliphatic rings. The van der Waals surface area contributed by atoms with Crippen molar-refractivity contribution in [2.45, 2.75) is 23.5 Å². The van der Waals surface area contributed by atoms with Crippen LogP contribution >= 0.6 is 0 Å². The summed E-state index contributed by atoms with van der Waals surface area (Å²) in [4.78, 5) is 27.5. The van der Waals surface area contributed by atoms with Crippen LogP contribution in [0.3, 0.4) is 0 Å². The van der Waals surface area contributed by atoms with Gasteiger partial charge >= 0.3 is 0 Å². The van der Waals surface area contributed by atoms with Crippen LogP contribution in [0.1, 0.15) is 39.3 Å². The van der Waals surface area contributed by atoms with Crippen LogP contribution in [0.5, 0.6) is 0 Å². The third kappa shape index (κ3) is 4.61. The molecule has 0 atom stereocenters. The third-order valence-corrected chi connectivity index (χ3v) is 7.28. The van der Waals surface area contributed by atoms with Crippen LogP contribution in [-0.4, -0.2) is 38.1 Å². The van der Waals surface area contributed by atoms with E-state index in [-0.39, 0.29) is 34.0 Å². The van der Waals surface area contributed by atoms with Gasteiger partial charge in [-0.3, -0.25) is 9.59 Å². The van der Waals surface area contributed by atoms with E-state index in [2.05, 4.69) is 0 Å². The number of benzene rings is 2. The zero-order valence-electron chi connectivity index (χ0n) is 16.9. The molecule has 0 aliphatic carbocycles. The summed E-state index contributed by atoms with van der Waals surface area (Å²) in [6.07, 6.45) is 2.48. The Morgan fingerprint density at radius 3 is 2.16 bits per heavy atom. The lowest BCUT2D eigenvalue weighted by Gasteiger charge is -2.31. The fraction of sp³-hybridized carbons (Fsp3) is 0.250. The van der Waals surface area contributed by atoms with Crippen LogP contribution in [0.15, 0.2) is 82.3 Å². The minimum absolute atomic E-state index is 0.0485. The molecule has 0 N–H and O–H groups in total. The highest BCUT2D eigenvalue weighted by Crippen LogP contribution is 2.25. The van der Waals surface area contributed by atoms with Crippen molar-refractivity contribution >= 4 is 21.5 Å². The molecule has 7 heteroatoms. The topological polar surface area (TPSA) is 84.7 Å². The second-order valence-corrected chi connectivity index (χ2v) is 9.63. The highest BCUT2D eigenvalue weighted by molar-refractivity contribution is 7.90. The van der Waals surface area contributed by atoms with E-state index in [0.29, 0.717) is 37.1 Å². The van der Waals surface area contributed by atoms with Gasteiger partial charge in [-0.2, -0.15) is 0 Å². The third-order valence-electron chi connectivity index (χ3n) is 5.60. The van der Waals surface area contributed by atoms with Gasteiger partial charge in [0, 0.05) is 30.1 Å². The second kappa shape index (κ2) is 8.89. The Balaban J connectivity index is 1.43. The molecule has 1 fully saturated rings. The number of ketones is 1. The van der Waals surface area contributed by atoms with Gasteiger partial charge in [-0.05, 0) is 31.0 Å². The molecule has 160 valence electrons. The standard InChI is InChI=1S/C24H23NO5S/c26-22(18-7-3-1-4-8-18)19-11-14-25(15-12-19)24(27)23-20(13-16-30-23)17-31(28,29)21-9-5-2-6-10-21/h1-10,13,16,19H,11-12,14-15,17H2. The lowest BCUT2D eigenvalue weighted by Crippen LogP contribution is -2.40. The van der Waals surface area contributed by atoms with Crippen LogP contribution in [0, 0.1) is 5.92 Å². The van der Waals surface area contributed by atoms with Gasteiger partial charge in [-0.1, -0.05) is 48.5 Å². The predicted octanol–water partition coefficient (Wildman–Crippen LogP) is 3.99. The summed E-state index contributed by atoms with van der Waals surface area (Å²) in [5, 5.41) is 0. The number of amides is 1. The van der Waals surface area contributed by atoms with E-state index in [4.69, 9.17) is 4.42 Å². The summed E-state index contributed by atoms with van der Waals surface area (Å²) in [5.74, 6) is -0.625. The molecule has 1 saturated heterocycles. The van der Waals surface area contributed by atoms with E-state index in [1.807, 2.05) is 30.3 Å². The number of likely N-dealkylation sites (tertiary alicyclic amines) is 1. The Hall–Kier alpha value is -3.19. The maximum Gasteiger partial charge on any atom is 0.289 e. The first kappa shape index (κ1) is 21.1. The van der Waals surface area contributed by atoms with E-state index in [1.165, 1.54) is 24.5 Å². The number of hydrogen-bond acceptors (Lipinski definition) is 5. The lowest BCUT2D eigenvalue weighted by atomic mass is 9.89. The summed E-state index contributed by atoms with van der Waals surface area (Å²) in [6, 6.07) is 18.8. The molecular weight excluding hydrogens is 414 g/mol. The number of piperidine rings is 1. The highest BCUT2D eigenvalue weighted by Gasteiger charge is 2.31. The molecule has 0 saturated carbocycles. The second-order valence-electron chi connectivity index (χ2n) is 7.64. The summed E-state index contributed by atoms with van der Waals surface area (Å²) < 4.78 is 30.8. The maximum atomic E-state index is 13.0. The van der Waals surface area contributed by atoms with Crippen molar-refractivity contribution in [1.29, 1.82) is 0 Å². The van der Waals surface area contributed by atoms with Gasteiger partial charge in [0.15, 0.2) is 21.4 Å². The maximum absolute atomic E-state index is 13.0. The van der Waals surface area contributed by atoms with Crippen LogP contribution in [0.4, 0.5) is 0 Å². The van der Waals surface area contributed by atoms with Gasteiger partial charge in [0.2, 0.25) is 0 Å². The minimum atomic E-state index is -3.60. The minimum Gasteiger partial charge on any atom is -0.459 e. The van der Waals surface area contributed by atoms with Crippen LogP contribution in [0.25, 0.3) is 0 Å². The van der Waals surface area contributed by atoms with Gasteiger partial charge in [-0.15, -0.1) is 0 Å². The van der Waals surface area contributed by atoms with Crippen LogP contribution in [-0.2, 0) is 15.6 Å². The van der Waals surface area contributed by atoms with E-state index in [9.17, 15) is 18.0 Å². The molecule has 1 aromatic heterocycles. The van der Waals surface area contributed by atoms with Gasteiger partial charge in [0.05, 0.1) is 16.9 Å². The summed E-state index contributed by atoms with van der Waals surface area (Å²) >= 11 is 0. The highest BCUT2D eigenvalue weighted by atomic mass is 32.2. The number of nitrogens with zero attached hydrogens (tertiary/aromatic N) is 1.